The number of hydrogen-bond donors (Lipinski definition) is 0. The molecule has 0 saturated heterocycles. The Bertz CT molecular complexity index is 496. The molecule has 0 radical (unpaired) electrons. The van der Waals surface area contributed by atoms with Crippen LogP contribution in [0.1, 0.15) is 12.5 Å². The third-order valence-corrected chi connectivity index (χ3v) is 2.13. The van der Waals surface area contributed by atoms with Crippen molar-refractivity contribution in [3.63, 3.8) is 0 Å². The van der Waals surface area contributed by atoms with E-state index in [4.69, 9.17) is 4.74 Å². The van der Waals surface area contributed by atoms with E-state index in [0.29, 0.717) is 18.2 Å². The zero-order chi connectivity index (χ0) is 12.1. The molecular weight excluding hydrogens is 216 g/mol. The summed E-state index contributed by atoms with van der Waals surface area (Å²) < 4.78 is 5.28. The van der Waals surface area contributed by atoms with Crippen LogP contribution in [0, 0.1) is 0 Å². The molecule has 0 spiro atoms. The zero-order valence-electron chi connectivity index (χ0n) is 9.50. The van der Waals surface area contributed by atoms with Crippen molar-refractivity contribution in [3.05, 3.63) is 43.0 Å². The minimum atomic E-state index is 0.576. The molecule has 2 heterocycles. The van der Waals surface area contributed by atoms with Crippen molar-refractivity contribution >= 4 is 5.76 Å². The molecule has 0 amide bonds. The summed E-state index contributed by atoms with van der Waals surface area (Å²) in [5, 5.41) is 7.48. The van der Waals surface area contributed by atoms with Crippen LogP contribution in [-0.4, -0.2) is 26.8 Å². The Hall–Kier alpha value is -2.30. The van der Waals surface area contributed by atoms with Gasteiger partial charge in [-0.3, -0.25) is 0 Å². The molecule has 5 heteroatoms. The summed E-state index contributed by atoms with van der Waals surface area (Å²) in [7, 11) is 0. The van der Waals surface area contributed by atoms with Crippen molar-refractivity contribution in [2.24, 2.45) is 0 Å². The summed E-state index contributed by atoms with van der Waals surface area (Å²) in [6.07, 6.45) is 6.58. The highest BCUT2D eigenvalue weighted by atomic mass is 16.5. The summed E-state index contributed by atoms with van der Waals surface area (Å²) in [5.74, 6) is 1.18. The fraction of sp³-hybridized carbons (Fsp3) is 0.167. The predicted octanol–water partition coefficient (Wildman–Crippen LogP) is 1.94. The Morgan fingerprint density at radius 1 is 1.24 bits per heavy atom. The van der Waals surface area contributed by atoms with E-state index in [9.17, 15) is 0 Å². The lowest BCUT2D eigenvalue weighted by molar-refractivity contribution is 0.299. The van der Waals surface area contributed by atoms with Gasteiger partial charge in [0.05, 0.1) is 24.6 Å². The summed E-state index contributed by atoms with van der Waals surface area (Å²) in [5.41, 5.74) is 1.60. The second kappa shape index (κ2) is 5.16. The lowest BCUT2D eigenvalue weighted by Gasteiger charge is -2.06. The Labute approximate surface area is 99.2 Å². The van der Waals surface area contributed by atoms with Gasteiger partial charge in [-0.2, -0.15) is 10.2 Å². The minimum Gasteiger partial charge on any atom is -0.494 e. The van der Waals surface area contributed by atoms with Gasteiger partial charge in [-0.1, -0.05) is 6.58 Å². The SMILES string of the molecule is C=C(OCC)c1cnc(-c2ccnnc2)nc1. The summed E-state index contributed by atoms with van der Waals surface area (Å²) in [6, 6.07) is 1.80. The van der Waals surface area contributed by atoms with Crippen LogP contribution in [0.3, 0.4) is 0 Å². The normalized spacial score (nSPS) is 9.94. The first-order chi connectivity index (χ1) is 8.31. The number of ether oxygens (including phenoxy) is 1. The van der Waals surface area contributed by atoms with Crippen LogP contribution in [0.15, 0.2) is 37.4 Å². The van der Waals surface area contributed by atoms with Gasteiger partial charge >= 0.3 is 0 Å². The van der Waals surface area contributed by atoms with Crippen LogP contribution in [0.25, 0.3) is 17.1 Å². The molecular formula is C12H12N4O. The fourth-order valence-corrected chi connectivity index (χ4v) is 1.30. The monoisotopic (exact) mass is 228 g/mol. The van der Waals surface area contributed by atoms with Crippen LogP contribution < -0.4 is 0 Å². The van der Waals surface area contributed by atoms with Gasteiger partial charge in [0.1, 0.15) is 5.76 Å². The maximum absolute atomic E-state index is 5.28. The van der Waals surface area contributed by atoms with E-state index in [0.717, 1.165) is 11.1 Å². The van der Waals surface area contributed by atoms with Gasteiger partial charge in [-0.05, 0) is 13.0 Å². The second-order valence-corrected chi connectivity index (χ2v) is 3.28. The number of aromatic nitrogens is 4. The quantitative estimate of drug-likeness (QED) is 0.748. The van der Waals surface area contributed by atoms with Gasteiger partial charge in [0, 0.05) is 18.0 Å². The maximum atomic E-state index is 5.28. The topological polar surface area (TPSA) is 60.8 Å². The Morgan fingerprint density at radius 2 is 2.00 bits per heavy atom. The van der Waals surface area contributed by atoms with Gasteiger partial charge < -0.3 is 4.74 Å². The standard InChI is InChI=1S/C12H12N4O/c1-3-17-9(2)11-6-13-12(14-7-11)10-4-5-15-16-8-10/h4-8H,2-3H2,1H3. The molecule has 2 rings (SSSR count). The molecule has 0 bridgehead atoms. The maximum Gasteiger partial charge on any atom is 0.160 e. The highest BCUT2D eigenvalue weighted by molar-refractivity contribution is 5.58. The first-order valence-electron chi connectivity index (χ1n) is 5.22. The van der Waals surface area contributed by atoms with E-state index in [2.05, 4.69) is 26.7 Å². The van der Waals surface area contributed by atoms with Crippen molar-refractivity contribution in [3.8, 4) is 11.4 Å². The molecule has 5 nitrogen and oxygen atoms in total. The third kappa shape index (κ3) is 2.63. The molecule has 0 aliphatic heterocycles. The van der Waals surface area contributed by atoms with E-state index in [1.54, 1.807) is 30.9 Å². The van der Waals surface area contributed by atoms with Crippen LogP contribution in [0.4, 0.5) is 0 Å². The molecule has 0 atom stereocenters. The van der Waals surface area contributed by atoms with Crippen molar-refractivity contribution < 1.29 is 4.74 Å². The number of nitrogens with zero attached hydrogens (tertiary/aromatic N) is 4. The summed E-state index contributed by atoms with van der Waals surface area (Å²) >= 11 is 0. The molecule has 2 aromatic rings. The van der Waals surface area contributed by atoms with Gasteiger partial charge in [-0.15, -0.1) is 0 Å². The molecule has 0 N–H and O–H groups in total. The second-order valence-electron chi connectivity index (χ2n) is 3.28. The average molecular weight is 228 g/mol. The number of hydrogen-bond acceptors (Lipinski definition) is 5. The largest absolute Gasteiger partial charge is 0.494 e. The molecule has 0 fully saturated rings. The molecule has 0 saturated carbocycles. The molecule has 0 aliphatic rings. The van der Waals surface area contributed by atoms with Gasteiger partial charge in [-0.25, -0.2) is 9.97 Å². The fourth-order valence-electron chi connectivity index (χ4n) is 1.30. The van der Waals surface area contributed by atoms with E-state index in [1.165, 1.54) is 0 Å². The van der Waals surface area contributed by atoms with E-state index in [-0.39, 0.29) is 0 Å². The summed E-state index contributed by atoms with van der Waals surface area (Å²) in [4.78, 5) is 8.47. The van der Waals surface area contributed by atoms with E-state index < -0.39 is 0 Å². The van der Waals surface area contributed by atoms with Gasteiger partial charge in [0.15, 0.2) is 5.82 Å². The minimum absolute atomic E-state index is 0.576. The number of rotatable bonds is 4. The summed E-state index contributed by atoms with van der Waals surface area (Å²) in [6.45, 7) is 6.28. The van der Waals surface area contributed by atoms with Crippen molar-refractivity contribution in [1.82, 2.24) is 20.2 Å². The molecule has 0 aliphatic carbocycles. The molecule has 0 unspecified atom stereocenters. The van der Waals surface area contributed by atoms with Gasteiger partial charge in [0.25, 0.3) is 0 Å². The predicted molar refractivity (Wildman–Crippen MR) is 63.7 cm³/mol. The molecule has 2 aromatic heterocycles. The Kier molecular flexibility index (Phi) is 3.40. The average Bonchev–Trinajstić information content (AvgIpc) is 2.40. The lowest BCUT2D eigenvalue weighted by Crippen LogP contribution is -1.95. The van der Waals surface area contributed by atoms with Crippen molar-refractivity contribution in [2.75, 3.05) is 6.61 Å². The highest BCUT2D eigenvalue weighted by Gasteiger charge is 2.04. The first-order valence-corrected chi connectivity index (χ1v) is 5.22. The Morgan fingerprint density at radius 3 is 2.59 bits per heavy atom. The lowest BCUT2D eigenvalue weighted by atomic mass is 10.2. The molecule has 0 aromatic carbocycles. The van der Waals surface area contributed by atoms with Gasteiger partial charge in [0.2, 0.25) is 0 Å². The van der Waals surface area contributed by atoms with E-state index in [1.807, 2.05) is 6.92 Å². The van der Waals surface area contributed by atoms with Crippen LogP contribution in [0.2, 0.25) is 0 Å². The molecule has 86 valence electrons. The van der Waals surface area contributed by atoms with Crippen molar-refractivity contribution in [2.45, 2.75) is 6.92 Å². The van der Waals surface area contributed by atoms with Crippen LogP contribution in [-0.2, 0) is 4.74 Å². The van der Waals surface area contributed by atoms with Crippen LogP contribution >= 0.6 is 0 Å². The highest BCUT2D eigenvalue weighted by Crippen LogP contribution is 2.15. The first kappa shape index (κ1) is 11.2. The molecule has 17 heavy (non-hydrogen) atoms. The Balaban J connectivity index is 2.22. The third-order valence-electron chi connectivity index (χ3n) is 2.13. The smallest absolute Gasteiger partial charge is 0.160 e. The van der Waals surface area contributed by atoms with Crippen LogP contribution in [0.5, 0.6) is 0 Å². The van der Waals surface area contributed by atoms with Crippen molar-refractivity contribution in [1.29, 1.82) is 0 Å². The zero-order valence-corrected chi connectivity index (χ0v) is 9.50. The van der Waals surface area contributed by atoms with E-state index >= 15 is 0 Å².